The quantitative estimate of drug-likeness (QED) is 0.921. The molecule has 0 aromatic heterocycles. The maximum Gasteiger partial charge on any atom is 0.255 e. The summed E-state index contributed by atoms with van der Waals surface area (Å²) < 4.78 is 24.7. The van der Waals surface area contributed by atoms with Crippen LogP contribution in [-0.4, -0.2) is 31.8 Å². The van der Waals surface area contributed by atoms with Gasteiger partial charge in [-0.1, -0.05) is 25.7 Å². The van der Waals surface area contributed by atoms with E-state index in [4.69, 9.17) is 9.47 Å². The number of rotatable bonds is 4. The Morgan fingerprint density at radius 1 is 1.29 bits per heavy atom. The highest BCUT2D eigenvalue weighted by Crippen LogP contribution is 2.51. The highest BCUT2D eigenvalue weighted by Gasteiger charge is 2.57. The standard InChI is InChI=1S/C19H24FNO3/c1-23-15-7-6-12(20)10-14(15)19(22)21-17-13-8-9-24-18(13)16(17)11-4-2-3-5-11/h6-7,10-11,13,16-18H,2-5,8-9H2,1H3,(H,21,22)/t13-,16+,17+,18-/m0/s1. The lowest BCUT2D eigenvalue weighted by atomic mass is 9.61. The lowest BCUT2D eigenvalue weighted by Crippen LogP contribution is -2.63. The van der Waals surface area contributed by atoms with Gasteiger partial charge >= 0.3 is 0 Å². The number of carbonyl (C=O) groups is 1. The zero-order valence-electron chi connectivity index (χ0n) is 14.0. The Labute approximate surface area is 141 Å². The van der Waals surface area contributed by atoms with Crippen molar-refractivity contribution in [3.63, 3.8) is 0 Å². The third-order valence-electron chi connectivity index (χ3n) is 6.09. The molecule has 1 N–H and O–H groups in total. The Balaban J connectivity index is 1.53. The van der Waals surface area contributed by atoms with Crippen LogP contribution in [0.1, 0.15) is 42.5 Å². The molecule has 1 amide bonds. The number of carbonyl (C=O) groups excluding carboxylic acids is 1. The highest BCUT2D eigenvalue weighted by molar-refractivity contribution is 5.97. The fourth-order valence-electron chi connectivity index (χ4n) is 4.95. The molecule has 1 aromatic rings. The molecule has 0 bridgehead atoms. The van der Waals surface area contributed by atoms with Crippen molar-refractivity contribution in [2.24, 2.45) is 17.8 Å². The van der Waals surface area contributed by atoms with E-state index >= 15 is 0 Å². The smallest absolute Gasteiger partial charge is 0.255 e. The third-order valence-corrected chi connectivity index (χ3v) is 6.09. The molecular formula is C19H24FNO3. The van der Waals surface area contributed by atoms with Crippen LogP contribution in [0.4, 0.5) is 4.39 Å². The first-order chi connectivity index (χ1) is 11.7. The van der Waals surface area contributed by atoms with Gasteiger partial charge in [0.25, 0.3) is 5.91 Å². The van der Waals surface area contributed by atoms with E-state index < -0.39 is 5.82 Å². The fourth-order valence-corrected chi connectivity index (χ4v) is 4.95. The Kier molecular flexibility index (Phi) is 4.21. The normalized spacial score (nSPS) is 32.2. The molecule has 1 aliphatic heterocycles. The van der Waals surface area contributed by atoms with E-state index in [2.05, 4.69) is 5.32 Å². The summed E-state index contributed by atoms with van der Waals surface area (Å²) in [6.45, 7) is 0.786. The Bertz CT molecular complexity index is 624. The first-order valence-corrected chi connectivity index (χ1v) is 8.95. The Morgan fingerprint density at radius 2 is 2.08 bits per heavy atom. The van der Waals surface area contributed by atoms with Gasteiger partial charge in [0.15, 0.2) is 0 Å². The summed E-state index contributed by atoms with van der Waals surface area (Å²) in [5, 5.41) is 3.17. The van der Waals surface area contributed by atoms with Gasteiger partial charge in [-0.25, -0.2) is 4.39 Å². The van der Waals surface area contributed by atoms with E-state index in [0.29, 0.717) is 29.6 Å². The number of benzene rings is 1. The van der Waals surface area contributed by atoms with Gasteiger partial charge in [0.2, 0.25) is 0 Å². The number of nitrogens with one attached hydrogen (secondary N) is 1. The average Bonchev–Trinajstić information content (AvgIpc) is 3.23. The minimum Gasteiger partial charge on any atom is -0.496 e. The van der Waals surface area contributed by atoms with Gasteiger partial charge in [-0.15, -0.1) is 0 Å². The number of fused-ring (bicyclic) bond motifs is 1. The second-order valence-corrected chi connectivity index (χ2v) is 7.25. The van der Waals surface area contributed by atoms with Crippen LogP contribution in [0, 0.1) is 23.6 Å². The van der Waals surface area contributed by atoms with Gasteiger partial charge in [-0.2, -0.15) is 0 Å². The first-order valence-electron chi connectivity index (χ1n) is 8.95. The molecule has 4 rings (SSSR count). The van der Waals surface area contributed by atoms with Crippen molar-refractivity contribution in [3.8, 4) is 5.75 Å². The van der Waals surface area contributed by atoms with Crippen molar-refractivity contribution in [2.75, 3.05) is 13.7 Å². The molecule has 3 aliphatic rings. The predicted molar refractivity (Wildman–Crippen MR) is 87.5 cm³/mol. The second kappa shape index (κ2) is 6.36. The highest BCUT2D eigenvalue weighted by atomic mass is 19.1. The molecule has 2 saturated carbocycles. The van der Waals surface area contributed by atoms with Crippen LogP contribution in [0.15, 0.2) is 18.2 Å². The van der Waals surface area contributed by atoms with Crippen LogP contribution in [0.25, 0.3) is 0 Å². The lowest BCUT2D eigenvalue weighted by molar-refractivity contribution is -0.0784. The van der Waals surface area contributed by atoms with Gasteiger partial charge in [0.05, 0.1) is 18.8 Å². The number of hydrogen-bond donors (Lipinski definition) is 1. The zero-order chi connectivity index (χ0) is 16.7. The zero-order valence-corrected chi connectivity index (χ0v) is 14.0. The van der Waals surface area contributed by atoms with Crippen molar-refractivity contribution >= 4 is 5.91 Å². The number of methoxy groups -OCH3 is 1. The fraction of sp³-hybridized carbons (Fsp3) is 0.632. The van der Waals surface area contributed by atoms with Crippen LogP contribution in [-0.2, 0) is 4.74 Å². The van der Waals surface area contributed by atoms with E-state index in [-0.39, 0.29) is 17.5 Å². The van der Waals surface area contributed by atoms with Gasteiger partial charge < -0.3 is 14.8 Å². The van der Waals surface area contributed by atoms with Crippen molar-refractivity contribution in [1.82, 2.24) is 5.32 Å². The molecule has 0 radical (unpaired) electrons. The summed E-state index contributed by atoms with van der Waals surface area (Å²) >= 11 is 0. The van der Waals surface area contributed by atoms with Crippen LogP contribution < -0.4 is 10.1 Å². The summed E-state index contributed by atoms with van der Waals surface area (Å²) in [6.07, 6.45) is 6.31. The van der Waals surface area contributed by atoms with E-state index in [1.165, 1.54) is 51.0 Å². The summed E-state index contributed by atoms with van der Waals surface area (Å²) in [7, 11) is 1.50. The number of ether oxygens (including phenoxy) is 2. The largest absolute Gasteiger partial charge is 0.496 e. The maximum absolute atomic E-state index is 13.6. The SMILES string of the molecule is COc1ccc(F)cc1C(=O)N[C@@H]1[C@@H]2CCO[C@@H]2[C@@H]1C1CCCC1. The molecule has 24 heavy (non-hydrogen) atoms. The van der Waals surface area contributed by atoms with Gasteiger partial charge in [0.1, 0.15) is 11.6 Å². The molecule has 2 aliphatic carbocycles. The van der Waals surface area contributed by atoms with Gasteiger partial charge in [0, 0.05) is 24.5 Å². The van der Waals surface area contributed by atoms with E-state index in [9.17, 15) is 9.18 Å². The molecule has 5 heteroatoms. The minimum absolute atomic E-state index is 0.140. The molecule has 1 aromatic carbocycles. The molecule has 1 saturated heterocycles. The molecule has 3 fully saturated rings. The minimum atomic E-state index is -0.427. The predicted octanol–water partition coefficient (Wildman–Crippen LogP) is 3.16. The molecule has 0 spiro atoms. The van der Waals surface area contributed by atoms with Gasteiger partial charge in [-0.05, 0) is 30.5 Å². The maximum atomic E-state index is 13.6. The molecule has 1 heterocycles. The summed E-state index contributed by atoms with van der Waals surface area (Å²) in [4.78, 5) is 12.7. The van der Waals surface area contributed by atoms with E-state index in [1.54, 1.807) is 0 Å². The molecule has 0 unspecified atom stereocenters. The Morgan fingerprint density at radius 3 is 2.83 bits per heavy atom. The van der Waals surface area contributed by atoms with Crippen LogP contribution in [0.5, 0.6) is 5.75 Å². The van der Waals surface area contributed by atoms with Crippen LogP contribution in [0.2, 0.25) is 0 Å². The van der Waals surface area contributed by atoms with Crippen molar-refractivity contribution in [2.45, 2.75) is 44.2 Å². The summed E-state index contributed by atoms with van der Waals surface area (Å²) in [5.74, 6) is 1.19. The second-order valence-electron chi connectivity index (χ2n) is 7.25. The Hall–Kier alpha value is -1.62. The topological polar surface area (TPSA) is 47.6 Å². The lowest BCUT2D eigenvalue weighted by Gasteiger charge is -2.50. The monoisotopic (exact) mass is 333 g/mol. The summed E-state index contributed by atoms with van der Waals surface area (Å²) in [6, 6.07) is 4.20. The first kappa shape index (κ1) is 15.9. The molecular weight excluding hydrogens is 309 g/mol. The molecule has 4 atom stereocenters. The van der Waals surface area contributed by atoms with Crippen molar-refractivity contribution in [1.29, 1.82) is 0 Å². The third kappa shape index (κ3) is 2.59. The molecule has 130 valence electrons. The summed E-state index contributed by atoms with van der Waals surface area (Å²) in [5.41, 5.74) is 0.269. The van der Waals surface area contributed by atoms with Gasteiger partial charge in [-0.3, -0.25) is 4.79 Å². The van der Waals surface area contributed by atoms with Crippen molar-refractivity contribution in [3.05, 3.63) is 29.6 Å². The number of halogens is 1. The van der Waals surface area contributed by atoms with E-state index in [0.717, 1.165) is 13.0 Å². The van der Waals surface area contributed by atoms with Crippen LogP contribution >= 0.6 is 0 Å². The molecule has 4 nitrogen and oxygen atoms in total. The van der Waals surface area contributed by atoms with Crippen molar-refractivity contribution < 1.29 is 18.7 Å². The van der Waals surface area contributed by atoms with E-state index in [1.807, 2.05) is 0 Å². The number of hydrogen-bond acceptors (Lipinski definition) is 3. The van der Waals surface area contributed by atoms with Crippen LogP contribution in [0.3, 0.4) is 0 Å². The average molecular weight is 333 g/mol. The number of amides is 1.